The maximum Gasteiger partial charge on any atom is 0.504 e. The molecule has 1 aromatic rings. The summed E-state index contributed by atoms with van der Waals surface area (Å²) in [5.41, 5.74) is 0. The lowest BCUT2D eigenvalue weighted by Gasteiger charge is -2.05. The Hall–Kier alpha value is -1.36. The number of phenols is 1. The molecular formula is C7H9BO4. The summed E-state index contributed by atoms with van der Waals surface area (Å²) >= 11 is 0. The molecule has 0 radical (unpaired) electrons. The predicted molar refractivity (Wildman–Crippen MR) is 44.7 cm³/mol. The Morgan fingerprint density at radius 1 is 1.42 bits per heavy atom. The molecule has 1 aromatic carbocycles. The van der Waals surface area contributed by atoms with E-state index < -0.39 is 7.69 Å². The van der Waals surface area contributed by atoms with Gasteiger partial charge in [-0.2, -0.15) is 0 Å². The smallest absolute Gasteiger partial charge is 0.504 e. The normalized spacial score (nSPS) is 9.17. The molecule has 2 N–H and O–H groups in total. The Balaban J connectivity index is 2.87. The molecule has 64 valence electrons. The summed E-state index contributed by atoms with van der Waals surface area (Å²) in [5, 5.41) is 17.6. The number of rotatable bonds is 3. The van der Waals surface area contributed by atoms with Gasteiger partial charge in [-0.15, -0.1) is 0 Å². The molecule has 5 heteroatoms. The minimum absolute atomic E-state index is 0.0524. The van der Waals surface area contributed by atoms with Crippen LogP contribution < -0.4 is 9.39 Å². The second-order valence-corrected chi connectivity index (χ2v) is 2.11. The van der Waals surface area contributed by atoms with Crippen molar-refractivity contribution in [3.63, 3.8) is 0 Å². The third kappa shape index (κ3) is 1.82. The number of hydrogen-bond donors (Lipinski definition) is 2. The van der Waals surface area contributed by atoms with E-state index in [9.17, 15) is 5.11 Å². The molecule has 0 aromatic heterocycles. The van der Waals surface area contributed by atoms with Gasteiger partial charge in [0.25, 0.3) is 0 Å². The molecular weight excluding hydrogens is 159 g/mol. The Morgan fingerprint density at radius 3 is 2.67 bits per heavy atom. The van der Waals surface area contributed by atoms with E-state index in [0.717, 1.165) is 0 Å². The zero-order valence-electron chi connectivity index (χ0n) is 6.65. The second kappa shape index (κ2) is 3.87. The fourth-order valence-corrected chi connectivity index (χ4v) is 0.816. The fraction of sp³-hybridized carbons (Fsp3) is 0.143. The maximum atomic E-state index is 9.24. The first kappa shape index (κ1) is 8.74. The third-order valence-corrected chi connectivity index (χ3v) is 1.39. The highest BCUT2D eigenvalue weighted by molar-refractivity contribution is 6.17. The van der Waals surface area contributed by atoms with Gasteiger partial charge < -0.3 is 19.5 Å². The number of phenolic OH excluding ortho intramolecular Hbond substituents is 1. The van der Waals surface area contributed by atoms with Crippen molar-refractivity contribution in [1.29, 1.82) is 0 Å². The first-order valence-electron chi connectivity index (χ1n) is 3.38. The largest absolute Gasteiger partial charge is 0.536 e. The summed E-state index contributed by atoms with van der Waals surface area (Å²) in [4.78, 5) is 0. The Bertz CT molecular complexity index is 264. The lowest BCUT2D eigenvalue weighted by molar-refractivity contribution is 0.392. The molecule has 0 saturated carbocycles. The summed E-state index contributed by atoms with van der Waals surface area (Å²) in [6.07, 6.45) is 0. The number of aromatic hydroxyl groups is 1. The van der Waals surface area contributed by atoms with Gasteiger partial charge in [0, 0.05) is 6.07 Å². The average Bonchev–Trinajstić information content (AvgIpc) is 2.09. The van der Waals surface area contributed by atoms with Crippen LogP contribution in [-0.2, 0) is 0 Å². The van der Waals surface area contributed by atoms with Crippen LogP contribution in [0.3, 0.4) is 0 Å². The van der Waals surface area contributed by atoms with Crippen LogP contribution in [0.2, 0.25) is 0 Å². The molecule has 0 spiro atoms. The molecule has 12 heavy (non-hydrogen) atoms. The molecule has 0 amide bonds. The van der Waals surface area contributed by atoms with Gasteiger partial charge in [0.2, 0.25) is 0 Å². The summed E-state index contributed by atoms with van der Waals surface area (Å²) < 4.78 is 9.54. The van der Waals surface area contributed by atoms with Gasteiger partial charge >= 0.3 is 7.69 Å². The first-order chi connectivity index (χ1) is 5.77. The van der Waals surface area contributed by atoms with Gasteiger partial charge in [-0.1, -0.05) is 0 Å². The number of hydrogen-bond acceptors (Lipinski definition) is 4. The molecule has 0 unspecified atom stereocenters. The molecule has 0 bridgehead atoms. The second-order valence-electron chi connectivity index (χ2n) is 2.11. The molecule has 0 heterocycles. The molecule has 0 aliphatic heterocycles. The first-order valence-corrected chi connectivity index (χ1v) is 3.38. The van der Waals surface area contributed by atoms with E-state index in [-0.39, 0.29) is 11.5 Å². The van der Waals surface area contributed by atoms with Crippen LogP contribution in [0.4, 0.5) is 0 Å². The predicted octanol–water partition coefficient (Wildman–Crippen LogP) is 0.0384. The topological polar surface area (TPSA) is 58.9 Å². The van der Waals surface area contributed by atoms with E-state index in [0.29, 0.717) is 5.75 Å². The molecule has 0 aliphatic rings. The van der Waals surface area contributed by atoms with Crippen LogP contribution in [0.15, 0.2) is 18.2 Å². The van der Waals surface area contributed by atoms with E-state index in [1.165, 1.54) is 19.2 Å². The van der Waals surface area contributed by atoms with Crippen molar-refractivity contribution in [2.75, 3.05) is 7.11 Å². The molecule has 4 nitrogen and oxygen atoms in total. The molecule has 1 rings (SSSR count). The lowest BCUT2D eigenvalue weighted by atomic mass is 10.3. The van der Waals surface area contributed by atoms with Crippen molar-refractivity contribution < 1.29 is 19.5 Å². The standard InChI is InChI=1S/C7H9BO4/c1-11-5-2-3-7(12-8-10)6(9)4-5/h2-4,8-10H,1H3. The minimum Gasteiger partial charge on any atom is -0.536 e. The summed E-state index contributed by atoms with van der Waals surface area (Å²) in [7, 11) is 1.04. The molecule has 0 fully saturated rings. The van der Waals surface area contributed by atoms with Crippen LogP contribution >= 0.6 is 0 Å². The van der Waals surface area contributed by atoms with Crippen LogP contribution in [0.5, 0.6) is 17.2 Å². The lowest BCUT2D eigenvalue weighted by Crippen LogP contribution is -1.99. The molecule has 0 atom stereocenters. The summed E-state index contributed by atoms with van der Waals surface area (Å²) in [6.45, 7) is 0. The van der Waals surface area contributed by atoms with Crippen molar-refractivity contribution in [2.45, 2.75) is 0 Å². The van der Waals surface area contributed by atoms with Gasteiger partial charge in [0.1, 0.15) is 11.5 Å². The van der Waals surface area contributed by atoms with Crippen molar-refractivity contribution in [3.05, 3.63) is 18.2 Å². The van der Waals surface area contributed by atoms with E-state index in [1.807, 2.05) is 0 Å². The summed E-state index contributed by atoms with van der Waals surface area (Å²) in [6, 6.07) is 4.56. The van der Waals surface area contributed by atoms with E-state index in [1.54, 1.807) is 6.07 Å². The van der Waals surface area contributed by atoms with Crippen molar-refractivity contribution in [2.24, 2.45) is 0 Å². The van der Waals surface area contributed by atoms with Gasteiger partial charge in [-0.05, 0) is 12.1 Å². The molecule has 0 saturated heterocycles. The Labute approximate surface area is 70.7 Å². The monoisotopic (exact) mass is 168 g/mol. The Morgan fingerprint density at radius 2 is 2.17 bits per heavy atom. The van der Waals surface area contributed by atoms with E-state index in [2.05, 4.69) is 4.65 Å². The third-order valence-electron chi connectivity index (χ3n) is 1.39. The number of methoxy groups -OCH3 is 1. The van der Waals surface area contributed by atoms with Crippen LogP contribution in [-0.4, -0.2) is 24.9 Å². The van der Waals surface area contributed by atoms with E-state index >= 15 is 0 Å². The fourth-order valence-electron chi connectivity index (χ4n) is 0.816. The van der Waals surface area contributed by atoms with Crippen LogP contribution in [0, 0.1) is 0 Å². The van der Waals surface area contributed by atoms with Gasteiger partial charge in [0.15, 0.2) is 5.75 Å². The number of ether oxygens (including phenoxy) is 1. The highest BCUT2D eigenvalue weighted by Gasteiger charge is 2.02. The summed E-state index contributed by atoms with van der Waals surface area (Å²) in [5.74, 6) is 0.722. The van der Waals surface area contributed by atoms with E-state index in [4.69, 9.17) is 9.76 Å². The van der Waals surface area contributed by atoms with Crippen molar-refractivity contribution >= 4 is 7.69 Å². The Kier molecular flexibility index (Phi) is 2.82. The van der Waals surface area contributed by atoms with Crippen molar-refractivity contribution in [1.82, 2.24) is 0 Å². The zero-order valence-corrected chi connectivity index (χ0v) is 6.65. The quantitative estimate of drug-likeness (QED) is 0.625. The zero-order chi connectivity index (χ0) is 8.97. The maximum absolute atomic E-state index is 9.24. The molecule has 0 aliphatic carbocycles. The van der Waals surface area contributed by atoms with Crippen molar-refractivity contribution in [3.8, 4) is 17.2 Å². The SMILES string of the molecule is COc1ccc(OBO)c(O)c1. The van der Waals surface area contributed by atoms with Gasteiger partial charge in [0.05, 0.1) is 7.11 Å². The van der Waals surface area contributed by atoms with Crippen LogP contribution in [0.1, 0.15) is 0 Å². The van der Waals surface area contributed by atoms with Gasteiger partial charge in [-0.3, -0.25) is 0 Å². The highest BCUT2D eigenvalue weighted by Crippen LogP contribution is 2.29. The average molecular weight is 168 g/mol. The highest BCUT2D eigenvalue weighted by atomic mass is 16.5. The van der Waals surface area contributed by atoms with Crippen LogP contribution in [0.25, 0.3) is 0 Å². The van der Waals surface area contributed by atoms with Gasteiger partial charge in [-0.25, -0.2) is 0 Å². The number of benzene rings is 1. The minimum atomic E-state index is -0.458.